The molecular weight excluding hydrogens is 298 g/mol. The molecule has 1 N–H and O–H groups in total. The molecule has 0 aromatic heterocycles. The molecule has 1 heterocycles. The third-order valence-corrected chi connectivity index (χ3v) is 4.94. The predicted molar refractivity (Wildman–Crippen MR) is 105 cm³/mol. The van der Waals surface area contributed by atoms with Crippen molar-refractivity contribution in [3.63, 3.8) is 0 Å². The topological polar surface area (TPSA) is 12.0 Å². The number of hydrogen-bond acceptors (Lipinski definition) is 2. The van der Waals surface area contributed by atoms with E-state index < -0.39 is 0 Å². The lowest BCUT2D eigenvalue weighted by Crippen LogP contribution is -2.17. The molecule has 0 saturated carbocycles. The van der Waals surface area contributed by atoms with Gasteiger partial charge in [0.15, 0.2) is 0 Å². The Morgan fingerprint density at radius 2 is 1.96 bits per heavy atom. The van der Waals surface area contributed by atoms with Crippen LogP contribution < -0.4 is 5.32 Å². The first-order chi connectivity index (χ1) is 11.0. The summed E-state index contributed by atoms with van der Waals surface area (Å²) in [7, 11) is 0. The van der Waals surface area contributed by atoms with Crippen LogP contribution in [0.3, 0.4) is 0 Å². The normalized spacial score (nSPS) is 18.4. The first kappa shape index (κ1) is 17.7. The molecule has 1 atom stereocenters. The van der Waals surface area contributed by atoms with Gasteiger partial charge in [-0.15, -0.1) is 0 Å². The number of thioether (sulfide) groups is 1. The van der Waals surface area contributed by atoms with Crippen molar-refractivity contribution >= 4 is 16.7 Å². The minimum absolute atomic E-state index is 0.279. The van der Waals surface area contributed by atoms with E-state index in [1.54, 1.807) is 0 Å². The van der Waals surface area contributed by atoms with E-state index in [0.29, 0.717) is 5.92 Å². The van der Waals surface area contributed by atoms with Crippen molar-refractivity contribution in [1.29, 1.82) is 0 Å². The lowest BCUT2D eigenvalue weighted by molar-refractivity contribution is 0.647. The molecule has 0 saturated heterocycles. The molecule has 2 heteroatoms. The molecule has 2 rings (SSSR count). The molecule has 1 aromatic carbocycles. The van der Waals surface area contributed by atoms with Gasteiger partial charge in [0.1, 0.15) is 5.37 Å². The van der Waals surface area contributed by atoms with Crippen molar-refractivity contribution in [2.24, 2.45) is 5.92 Å². The second-order valence-electron chi connectivity index (χ2n) is 6.44. The molecule has 122 valence electrons. The maximum Gasteiger partial charge on any atom is 0.102 e. The summed E-state index contributed by atoms with van der Waals surface area (Å²) in [6.07, 6.45) is 9.64. The lowest BCUT2D eigenvalue weighted by Gasteiger charge is -2.12. The van der Waals surface area contributed by atoms with E-state index in [1.807, 2.05) is 18.7 Å². The first-order valence-corrected chi connectivity index (χ1v) is 9.09. The number of hydrogen-bond donors (Lipinski definition) is 1. The first-order valence-electron chi connectivity index (χ1n) is 8.21. The average molecular weight is 326 g/mol. The van der Waals surface area contributed by atoms with Crippen molar-refractivity contribution in [2.45, 2.75) is 39.5 Å². The quantitative estimate of drug-likeness (QED) is 0.651. The van der Waals surface area contributed by atoms with Gasteiger partial charge in [-0.3, -0.25) is 0 Å². The molecular formula is C21H27NS. The molecule has 1 aliphatic heterocycles. The van der Waals surface area contributed by atoms with Crippen LogP contribution in [0.5, 0.6) is 0 Å². The minimum atomic E-state index is 0.279. The van der Waals surface area contributed by atoms with Crippen LogP contribution in [0.1, 0.15) is 38.8 Å². The van der Waals surface area contributed by atoms with Gasteiger partial charge in [-0.2, -0.15) is 0 Å². The fourth-order valence-electron chi connectivity index (χ4n) is 2.51. The number of rotatable bonds is 6. The molecule has 1 aromatic rings. The van der Waals surface area contributed by atoms with E-state index in [1.165, 1.54) is 21.6 Å². The molecule has 0 aliphatic carbocycles. The summed E-state index contributed by atoms with van der Waals surface area (Å²) in [6, 6.07) is 8.97. The smallest absolute Gasteiger partial charge is 0.102 e. The highest BCUT2D eigenvalue weighted by Crippen LogP contribution is 2.37. The zero-order valence-corrected chi connectivity index (χ0v) is 15.4. The monoisotopic (exact) mass is 325 g/mol. The zero-order valence-electron chi connectivity index (χ0n) is 14.6. The molecule has 0 amide bonds. The van der Waals surface area contributed by atoms with Crippen molar-refractivity contribution in [3.05, 3.63) is 77.5 Å². The van der Waals surface area contributed by atoms with Gasteiger partial charge in [-0.05, 0) is 42.9 Å². The molecule has 0 fully saturated rings. The summed E-state index contributed by atoms with van der Waals surface area (Å²) in [5.41, 5.74) is 5.05. The summed E-state index contributed by atoms with van der Waals surface area (Å²) in [5, 5.41) is 3.76. The van der Waals surface area contributed by atoms with E-state index in [2.05, 4.69) is 81.4 Å². The van der Waals surface area contributed by atoms with Crippen LogP contribution in [-0.2, 0) is 6.42 Å². The second kappa shape index (κ2) is 8.26. The van der Waals surface area contributed by atoms with Gasteiger partial charge in [0.2, 0.25) is 0 Å². The predicted octanol–water partition coefficient (Wildman–Crippen LogP) is 5.92. The lowest BCUT2D eigenvalue weighted by atomic mass is 10.0. The van der Waals surface area contributed by atoms with Gasteiger partial charge in [0.25, 0.3) is 0 Å². The van der Waals surface area contributed by atoms with Crippen LogP contribution >= 0.6 is 11.8 Å². The van der Waals surface area contributed by atoms with E-state index >= 15 is 0 Å². The maximum atomic E-state index is 3.92. The van der Waals surface area contributed by atoms with E-state index in [4.69, 9.17) is 0 Å². The summed E-state index contributed by atoms with van der Waals surface area (Å²) in [6.45, 7) is 12.5. The molecule has 1 unspecified atom stereocenters. The number of allylic oxidation sites excluding steroid dienone is 3. The van der Waals surface area contributed by atoms with Crippen LogP contribution in [-0.4, -0.2) is 5.37 Å². The summed E-state index contributed by atoms with van der Waals surface area (Å²) >= 11 is 1.87. The maximum absolute atomic E-state index is 3.92. The van der Waals surface area contributed by atoms with E-state index in [-0.39, 0.29) is 5.37 Å². The van der Waals surface area contributed by atoms with Gasteiger partial charge in [0.05, 0.1) is 0 Å². The van der Waals surface area contributed by atoms with Gasteiger partial charge in [-0.25, -0.2) is 0 Å². The Labute approximate surface area is 145 Å². The van der Waals surface area contributed by atoms with Crippen molar-refractivity contribution < 1.29 is 0 Å². The van der Waals surface area contributed by atoms with Crippen LogP contribution in [0.4, 0.5) is 0 Å². The SMILES string of the molecule is C=C(C)/C=C\C(=CC)C1NC=C(c2ccc(CC(C)C)cc2)S1. The molecule has 0 spiro atoms. The molecule has 0 bridgehead atoms. The van der Waals surface area contributed by atoms with Gasteiger partial charge < -0.3 is 5.32 Å². The highest BCUT2D eigenvalue weighted by atomic mass is 32.2. The van der Waals surface area contributed by atoms with Crippen molar-refractivity contribution in [1.82, 2.24) is 5.32 Å². The largest absolute Gasteiger partial charge is 0.374 e. The van der Waals surface area contributed by atoms with Gasteiger partial charge in [-0.1, -0.05) is 80.3 Å². The third kappa shape index (κ3) is 5.18. The molecule has 23 heavy (non-hydrogen) atoms. The molecule has 1 nitrogen and oxygen atoms in total. The zero-order chi connectivity index (χ0) is 16.8. The minimum Gasteiger partial charge on any atom is -0.374 e. The van der Waals surface area contributed by atoms with Crippen molar-refractivity contribution in [2.75, 3.05) is 0 Å². The summed E-state index contributed by atoms with van der Waals surface area (Å²) in [5.74, 6) is 0.698. The Morgan fingerprint density at radius 3 is 2.52 bits per heavy atom. The van der Waals surface area contributed by atoms with Gasteiger partial charge >= 0.3 is 0 Å². The Kier molecular flexibility index (Phi) is 6.35. The molecule has 0 radical (unpaired) electrons. The van der Waals surface area contributed by atoms with Crippen LogP contribution in [0.2, 0.25) is 0 Å². The van der Waals surface area contributed by atoms with Crippen LogP contribution in [0, 0.1) is 5.92 Å². The fraction of sp³-hybridized carbons (Fsp3) is 0.333. The van der Waals surface area contributed by atoms with Crippen LogP contribution in [0.25, 0.3) is 4.91 Å². The second-order valence-corrected chi connectivity index (χ2v) is 7.58. The average Bonchev–Trinajstić information content (AvgIpc) is 2.97. The van der Waals surface area contributed by atoms with E-state index in [9.17, 15) is 0 Å². The highest BCUT2D eigenvalue weighted by molar-refractivity contribution is 8.09. The Hall–Kier alpha value is -1.67. The third-order valence-electron chi connectivity index (χ3n) is 3.69. The van der Waals surface area contributed by atoms with E-state index in [0.717, 1.165) is 12.0 Å². The summed E-state index contributed by atoms with van der Waals surface area (Å²) < 4.78 is 0. The fourth-order valence-corrected chi connectivity index (χ4v) is 3.66. The number of benzene rings is 1. The Bertz CT molecular complexity index is 632. The Balaban J connectivity index is 2.03. The number of nitrogens with one attached hydrogen (secondary N) is 1. The highest BCUT2D eigenvalue weighted by Gasteiger charge is 2.20. The van der Waals surface area contributed by atoms with Gasteiger partial charge in [0, 0.05) is 11.1 Å². The molecule has 1 aliphatic rings. The summed E-state index contributed by atoms with van der Waals surface area (Å²) in [4.78, 5) is 1.30. The standard InChI is InChI=1S/C21H27NS/c1-6-18(10-7-15(2)3)21-22-14-20(23-21)19-11-8-17(9-12-19)13-16(4)5/h6-12,14,16,21-22H,2,13H2,1,3-5H3/b10-7-,18-6?. The Morgan fingerprint density at radius 1 is 1.26 bits per heavy atom. The van der Waals surface area contributed by atoms with Crippen molar-refractivity contribution in [3.8, 4) is 0 Å². The van der Waals surface area contributed by atoms with Crippen LogP contribution in [0.15, 0.2) is 66.4 Å².